The van der Waals surface area contributed by atoms with Crippen molar-refractivity contribution in [2.45, 2.75) is 26.0 Å². The summed E-state index contributed by atoms with van der Waals surface area (Å²) in [6.07, 6.45) is 1.20. The third-order valence-electron chi connectivity index (χ3n) is 3.51. The summed E-state index contributed by atoms with van der Waals surface area (Å²) in [6, 6.07) is 5.21. The summed E-state index contributed by atoms with van der Waals surface area (Å²) >= 11 is 0. The van der Waals surface area contributed by atoms with E-state index < -0.39 is 0 Å². The number of nitrogens with zero attached hydrogens (tertiary/aromatic N) is 2. The molecule has 1 fully saturated rings. The number of benzene rings is 1. The van der Waals surface area contributed by atoms with Gasteiger partial charge in [0.15, 0.2) is 0 Å². The van der Waals surface area contributed by atoms with Gasteiger partial charge in [-0.15, -0.1) is 0 Å². The SMILES string of the molecule is CNc1c(CN2CCCOC(C)C2)cccc1[N+](=O)[O-]. The van der Waals surface area contributed by atoms with Gasteiger partial charge in [-0.3, -0.25) is 15.0 Å². The first-order valence-corrected chi connectivity index (χ1v) is 6.89. The lowest BCUT2D eigenvalue weighted by molar-refractivity contribution is -0.384. The zero-order chi connectivity index (χ0) is 14.5. The topological polar surface area (TPSA) is 67.6 Å². The largest absolute Gasteiger partial charge is 0.382 e. The molecule has 6 heteroatoms. The summed E-state index contributed by atoms with van der Waals surface area (Å²) in [4.78, 5) is 13.0. The van der Waals surface area contributed by atoms with E-state index in [0.717, 1.165) is 31.7 Å². The second-order valence-corrected chi connectivity index (χ2v) is 5.09. The van der Waals surface area contributed by atoms with Crippen LogP contribution in [0.5, 0.6) is 0 Å². The van der Waals surface area contributed by atoms with E-state index in [1.807, 2.05) is 6.07 Å². The highest BCUT2D eigenvalue weighted by molar-refractivity contribution is 5.66. The van der Waals surface area contributed by atoms with Gasteiger partial charge in [0, 0.05) is 39.4 Å². The molecule has 1 unspecified atom stereocenters. The summed E-state index contributed by atoms with van der Waals surface area (Å²) in [5.41, 5.74) is 1.69. The number of nitro benzene ring substituents is 1. The summed E-state index contributed by atoms with van der Waals surface area (Å²) in [7, 11) is 1.72. The fourth-order valence-electron chi connectivity index (χ4n) is 2.62. The number of ether oxygens (including phenoxy) is 1. The van der Waals surface area contributed by atoms with Crippen molar-refractivity contribution in [3.05, 3.63) is 33.9 Å². The van der Waals surface area contributed by atoms with Crippen LogP contribution in [0.1, 0.15) is 18.9 Å². The monoisotopic (exact) mass is 279 g/mol. The molecule has 1 aromatic carbocycles. The highest BCUT2D eigenvalue weighted by Gasteiger charge is 2.20. The average molecular weight is 279 g/mol. The first-order chi connectivity index (χ1) is 9.61. The molecule has 0 radical (unpaired) electrons. The van der Waals surface area contributed by atoms with E-state index in [0.29, 0.717) is 12.2 Å². The molecule has 1 aliphatic rings. The number of hydrogen-bond donors (Lipinski definition) is 1. The molecule has 1 aromatic rings. The number of anilines is 1. The maximum absolute atomic E-state index is 11.1. The van der Waals surface area contributed by atoms with Gasteiger partial charge in [-0.1, -0.05) is 12.1 Å². The molecule has 1 atom stereocenters. The predicted molar refractivity (Wildman–Crippen MR) is 78.0 cm³/mol. The lowest BCUT2D eigenvalue weighted by Crippen LogP contribution is -2.30. The minimum Gasteiger partial charge on any atom is -0.382 e. The summed E-state index contributed by atoms with van der Waals surface area (Å²) in [6.45, 7) is 5.35. The Bertz CT molecular complexity index is 479. The van der Waals surface area contributed by atoms with E-state index in [-0.39, 0.29) is 16.7 Å². The zero-order valence-electron chi connectivity index (χ0n) is 12.0. The van der Waals surface area contributed by atoms with Crippen LogP contribution in [0.2, 0.25) is 0 Å². The van der Waals surface area contributed by atoms with Gasteiger partial charge in [0.1, 0.15) is 5.69 Å². The number of para-hydroxylation sites is 1. The van der Waals surface area contributed by atoms with Crippen molar-refractivity contribution < 1.29 is 9.66 Å². The van der Waals surface area contributed by atoms with Gasteiger partial charge in [0.05, 0.1) is 11.0 Å². The molecule has 0 amide bonds. The molecule has 1 saturated heterocycles. The van der Waals surface area contributed by atoms with Gasteiger partial charge in [-0.05, 0) is 18.9 Å². The Morgan fingerprint density at radius 3 is 3.05 bits per heavy atom. The van der Waals surface area contributed by atoms with Crippen LogP contribution in [0.15, 0.2) is 18.2 Å². The zero-order valence-corrected chi connectivity index (χ0v) is 12.0. The Morgan fingerprint density at radius 1 is 1.55 bits per heavy atom. The van der Waals surface area contributed by atoms with Gasteiger partial charge in [-0.25, -0.2) is 0 Å². The third kappa shape index (κ3) is 3.46. The Kier molecular flexibility index (Phi) is 4.92. The van der Waals surface area contributed by atoms with Crippen LogP contribution < -0.4 is 5.32 Å². The maximum atomic E-state index is 11.1. The first-order valence-electron chi connectivity index (χ1n) is 6.89. The first kappa shape index (κ1) is 14.7. The van der Waals surface area contributed by atoms with Crippen molar-refractivity contribution in [1.82, 2.24) is 4.90 Å². The lowest BCUT2D eigenvalue weighted by Gasteiger charge is -2.23. The quantitative estimate of drug-likeness (QED) is 0.676. The fourth-order valence-corrected chi connectivity index (χ4v) is 2.62. The summed E-state index contributed by atoms with van der Waals surface area (Å²) < 4.78 is 5.62. The van der Waals surface area contributed by atoms with Gasteiger partial charge < -0.3 is 10.1 Å². The van der Waals surface area contributed by atoms with Gasteiger partial charge in [-0.2, -0.15) is 0 Å². The average Bonchev–Trinajstić information content (AvgIpc) is 2.62. The Labute approximate surface area is 118 Å². The third-order valence-corrected chi connectivity index (χ3v) is 3.51. The molecule has 1 heterocycles. The molecule has 0 aromatic heterocycles. The van der Waals surface area contributed by atoms with Crippen molar-refractivity contribution in [3.8, 4) is 0 Å². The fraction of sp³-hybridized carbons (Fsp3) is 0.571. The predicted octanol–water partition coefficient (Wildman–Crippen LogP) is 2.25. The molecule has 6 nitrogen and oxygen atoms in total. The van der Waals surface area contributed by atoms with Gasteiger partial charge in [0.25, 0.3) is 5.69 Å². The van der Waals surface area contributed by atoms with Crippen molar-refractivity contribution in [3.63, 3.8) is 0 Å². The Balaban J connectivity index is 2.19. The van der Waals surface area contributed by atoms with Crippen molar-refractivity contribution >= 4 is 11.4 Å². The smallest absolute Gasteiger partial charge is 0.292 e. The standard InChI is InChI=1S/C14H21N3O3/c1-11-9-16(7-4-8-20-11)10-12-5-3-6-13(17(18)19)14(12)15-2/h3,5-6,11,15H,4,7-10H2,1-2H3. The van der Waals surface area contributed by atoms with E-state index in [4.69, 9.17) is 4.74 Å². The van der Waals surface area contributed by atoms with Crippen molar-refractivity contribution in [1.29, 1.82) is 0 Å². The lowest BCUT2D eigenvalue weighted by atomic mass is 10.1. The molecule has 2 rings (SSSR count). The molecule has 20 heavy (non-hydrogen) atoms. The second-order valence-electron chi connectivity index (χ2n) is 5.09. The number of nitro groups is 1. The van der Waals surface area contributed by atoms with Crippen molar-refractivity contribution in [2.75, 3.05) is 32.1 Å². The van der Waals surface area contributed by atoms with Crippen LogP contribution in [-0.4, -0.2) is 42.7 Å². The number of nitrogens with one attached hydrogen (secondary N) is 1. The molecule has 0 spiro atoms. The van der Waals surface area contributed by atoms with E-state index in [1.165, 1.54) is 6.07 Å². The van der Waals surface area contributed by atoms with Crippen LogP contribution >= 0.6 is 0 Å². The van der Waals surface area contributed by atoms with Crippen molar-refractivity contribution in [2.24, 2.45) is 0 Å². The molecule has 1 N–H and O–H groups in total. The Hall–Kier alpha value is -1.66. The van der Waals surface area contributed by atoms with Crippen LogP contribution in [-0.2, 0) is 11.3 Å². The van der Waals surface area contributed by atoms with Crippen LogP contribution in [0.4, 0.5) is 11.4 Å². The van der Waals surface area contributed by atoms with E-state index in [9.17, 15) is 10.1 Å². The molecule has 0 saturated carbocycles. The molecule has 0 aliphatic carbocycles. The van der Waals surface area contributed by atoms with E-state index in [1.54, 1.807) is 13.1 Å². The number of rotatable bonds is 4. The van der Waals surface area contributed by atoms with Crippen LogP contribution in [0, 0.1) is 10.1 Å². The second kappa shape index (κ2) is 6.67. The summed E-state index contributed by atoms with van der Waals surface area (Å²) in [5, 5.41) is 14.0. The summed E-state index contributed by atoms with van der Waals surface area (Å²) in [5.74, 6) is 0. The highest BCUT2D eigenvalue weighted by atomic mass is 16.6. The maximum Gasteiger partial charge on any atom is 0.292 e. The molecular weight excluding hydrogens is 258 g/mol. The minimum absolute atomic E-state index is 0.129. The highest BCUT2D eigenvalue weighted by Crippen LogP contribution is 2.29. The molecular formula is C14H21N3O3. The molecule has 110 valence electrons. The van der Waals surface area contributed by atoms with Crippen LogP contribution in [0.25, 0.3) is 0 Å². The van der Waals surface area contributed by atoms with E-state index >= 15 is 0 Å². The van der Waals surface area contributed by atoms with Crippen LogP contribution in [0.3, 0.4) is 0 Å². The minimum atomic E-state index is -0.344. The van der Waals surface area contributed by atoms with E-state index in [2.05, 4.69) is 17.1 Å². The molecule has 0 bridgehead atoms. The van der Waals surface area contributed by atoms with Gasteiger partial charge >= 0.3 is 0 Å². The number of hydrogen-bond acceptors (Lipinski definition) is 5. The normalized spacial score (nSPS) is 20.4. The van der Waals surface area contributed by atoms with Gasteiger partial charge in [0.2, 0.25) is 0 Å². The molecule has 1 aliphatic heterocycles. The Morgan fingerprint density at radius 2 is 2.35 bits per heavy atom.